The minimum absolute atomic E-state index is 0.221. The van der Waals surface area contributed by atoms with Crippen molar-refractivity contribution in [2.75, 3.05) is 7.05 Å². The molecule has 158 valence electrons. The van der Waals surface area contributed by atoms with Crippen molar-refractivity contribution in [2.45, 2.75) is 19.9 Å². The molecular formula is C22H19FN4O3S. The second-order valence-electron chi connectivity index (χ2n) is 7.19. The van der Waals surface area contributed by atoms with Gasteiger partial charge >= 0.3 is 0 Å². The van der Waals surface area contributed by atoms with Crippen molar-refractivity contribution in [3.05, 3.63) is 70.0 Å². The monoisotopic (exact) mass is 438 g/mol. The van der Waals surface area contributed by atoms with E-state index >= 15 is 0 Å². The summed E-state index contributed by atoms with van der Waals surface area (Å²) in [6.07, 6.45) is 0. The van der Waals surface area contributed by atoms with Crippen LogP contribution in [-0.2, 0) is 4.79 Å². The number of rotatable bonds is 5. The van der Waals surface area contributed by atoms with Gasteiger partial charge in [-0.05, 0) is 49.7 Å². The van der Waals surface area contributed by atoms with Crippen LogP contribution in [-0.4, -0.2) is 33.9 Å². The lowest BCUT2D eigenvalue weighted by Crippen LogP contribution is -2.39. The van der Waals surface area contributed by atoms with E-state index in [0.717, 1.165) is 9.75 Å². The van der Waals surface area contributed by atoms with Crippen molar-refractivity contribution in [1.82, 2.24) is 15.0 Å². The van der Waals surface area contributed by atoms with Crippen molar-refractivity contribution in [3.8, 4) is 10.6 Å². The number of thiophene rings is 1. The first-order chi connectivity index (χ1) is 14.8. The molecule has 4 rings (SSSR count). The molecule has 2 amide bonds. The molecule has 3 aromatic heterocycles. The summed E-state index contributed by atoms with van der Waals surface area (Å²) < 4.78 is 19.1. The number of nitrogens with two attached hydrogens (primary N) is 1. The average Bonchev–Trinajstić information content (AvgIpc) is 3.32. The molecule has 0 saturated carbocycles. The van der Waals surface area contributed by atoms with Crippen LogP contribution >= 0.6 is 11.3 Å². The quantitative estimate of drug-likeness (QED) is 0.507. The van der Waals surface area contributed by atoms with Crippen molar-refractivity contribution in [3.63, 3.8) is 0 Å². The zero-order chi connectivity index (χ0) is 22.3. The molecule has 4 aromatic rings. The Hall–Kier alpha value is -3.59. The summed E-state index contributed by atoms with van der Waals surface area (Å²) >= 11 is 1.53. The van der Waals surface area contributed by atoms with Gasteiger partial charge < -0.3 is 15.2 Å². The van der Waals surface area contributed by atoms with Gasteiger partial charge in [-0.15, -0.1) is 11.3 Å². The van der Waals surface area contributed by atoms with E-state index in [-0.39, 0.29) is 16.8 Å². The number of primary amides is 1. The second-order valence-corrected chi connectivity index (χ2v) is 8.48. The fourth-order valence-electron chi connectivity index (χ4n) is 3.52. The summed E-state index contributed by atoms with van der Waals surface area (Å²) in [6, 6.07) is 9.82. The van der Waals surface area contributed by atoms with Gasteiger partial charge in [-0.1, -0.05) is 17.3 Å². The summed E-state index contributed by atoms with van der Waals surface area (Å²) in [5.74, 6) is -1.79. The highest BCUT2D eigenvalue weighted by Crippen LogP contribution is 2.32. The Labute approximate surface area is 181 Å². The Morgan fingerprint density at radius 1 is 1.19 bits per heavy atom. The molecule has 0 fully saturated rings. The molecule has 0 bridgehead atoms. The number of aromatic nitrogens is 2. The number of benzene rings is 1. The third kappa shape index (κ3) is 3.79. The molecule has 1 aromatic carbocycles. The lowest BCUT2D eigenvalue weighted by molar-refractivity contribution is -0.122. The van der Waals surface area contributed by atoms with Crippen LogP contribution in [0.3, 0.4) is 0 Å². The fraction of sp³-hybridized carbons (Fsp3) is 0.182. The molecule has 31 heavy (non-hydrogen) atoms. The summed E-state index contributed by atoms with van der Waals surface area (Å²) in [6.45, 7) is 3.68. The fourth-order valence-corrected chi connectivity index (χ4v) is 4.35. The van der Waals surface area contributed by atoms with E-state index in [4.69, 9.17) is 10.3 Å². The maximum atomic E-state index is 13.8. The van der Waals surface area contributed by atoms with Crippen LogP contribution in [0, 0.1) is 19.7 Å². The standard InChI is InChI=1S/C22H19FN4O3S/c1-11-7-8-17(31-11)16-10-15(18-12(2)26-30-21(18)25-16)22(29)27(3)19(20(24)28)13-5-4-6-14(23)9-13/h4-10,19H,1-3H3,(H2,24,28). The number of halogens is 1. The zero-order valence-electron chi connectivity index (χ0n) is 17.0. The third-order valence-electron chi connectivity index (χ3n) is 4.98. The number of aryl methyl sites for hydroxylation is 2. The highest BCUT2D eigenvalue weighted by Gasteiger charge is 2.30. The summed E-state index contributed by atoms with van der Waals surface area (Å²) in [5.41, 5.74) is 7.41. The summed E-state index contributed by atoms with van der Waals surface area (Å²) in [5, 5.41) is 4.40. The highest BCUT2D eigenvalue weighted by molar-refractivity contribution is 7.15. The maximum absolute atomic E-state index is 13.8. The second kappa shape index (κ2) is 7.92. The predicted octanol–water partition coefficient (Wildman–Crippen LogP) is 4.01. The van der Waals surface area contributed by atoms with E-state index < -0.39 is 23.7 Å². The first-order valence-corrected chi connectivity index (χ1v) is 10.2. The minimum atomic E-state index is -1.15. The highest BCUT2D eigenvalue weighted by atomic mass is 32.1. The van der Waals surface area contributed by atoms with Crippen LogP contribution in [0.2, 0.25) is 0 Å². The van der Waals surface area contributed by atoms with Gasteiger partial charge in [-0.3, -0.25) is 9.59 Å². The lowest BCUT2D eigenvalue weighted by atomic mass is 10.0. The Morgan fingerprint density at radius 2 is 1.97 bits per heavy atom. The van der Waals surface area contributed by atoms with Gasteiger partial charge in [-0.25, -0.2) is 9.37 Å². The Balaban J connectivity index is 1.83. The molecule has 3 heterocycles. The molecule has 0 aliphatic heterocycles. The van der Waals surface area contributed by atoms with Crippen LogP contribution in [0.5, 0.6) is 0 Å². The smallest absolute Gasteiger partial charge is 0.259 e. The minimum Gasteiger partial charge on any atom is -0.368 e. The number of fused-ring (bicyclic) bond motifs is 1. The zero-order valence-corrected chi connectivity index (χ0v) is 17.9. The Morgan fingerprint density at radius 3 is 2.61 bits per heavy atom. The van der Waals surface area contributed by atoms with Gasteiger partial charge in [0.2, 0.25) is 5.91 Å². The molecule has 2 N–H and O–H groups in total. The van der Waals surface area contributed by atoms with Gasteiger partial charge in [0.25, 0.3) is 11.6 Å². The van der Waals surface area contributed by atoms with Crippen molar-refractivity contribution in [1.29, 1.82) is 0 Å². The number of hydrogen-bond acceptors (Lipinski definition) is 6. The SMILES string of the molecule is Cc1ccc(-c2cc(C(=O)N(C)C(C(N)=O)c3cccc(F)c3)c3c(C)noc3n2)s1. The van der Waals surface area contributed by atoms with Crippen LogP contribution in [0.25, 0.3) is 21.7 Å². The van der Waals surface area contributed by atoms with Gasteiger partial charge in [0.1, 0.15) is 11.9 Å². The Kier molecular flexibility index (Phi) is 5.28. The molecule has 0 saturated heterocycles. The number of carbonyl (C=O) groups excluding carboxylic acids is 2. The maximum Gasteiger partial charge on any atom is 0.259 e. The lowest BCUT2D eigenvalue weighted by Gasteiger charge is -2.26. The molecule has 0 radical (unpaired) electrons. The van der Waals surface area contributed by atoms with Crippen LogP contribution in [0.1, 0.15) is 32.5 Å². The van der Waals surface area contributed by atoms with E-state index in [1.165, 1.54) is 41.5 Å². The van der Waals surface area contributed by atoms with Crippen LogP contribution in [0.15, 0.2) is 47.0 Å². The third-order valence-corrected chi connectivity index (χ3v) is 6.01. The first kappa shape index (κ1) is 20.7. The number of hydrogen-bond donors (Lipinski definition) is 1. The first-order valence-electron chi connectivity index (χ1n) is 9.42. The van der Waals surface area contributed by atoms with E-state index in [2.05, 4.69) is 10.1 Å². The van der Waals surface area contributed by atoms with Gasteiger partial charge in [0, 0.05) is 11.9 Å². The molecule has 1 unspecified atom stereocenters. The van der Waals surface area contributed by atoms with Crippen molar-refractivity contribution in [2.24, 2.45) is 5.73 Å². The van der Waals surface area contributed by atoms with Gasteiger partial charge in [-0.2, -0.15) is 0 Å². The number of nitrogens with zero attached hydrogens (tertiary/aromatic N) is 3. The largest absolute Gasteiger partial charge is 0.368 e. The topological polar surface area (TPSA) is 102 Å². The molecular weight excluding hydrogens is 419 g/mol. The van der Waals surface area contributed by atoms with E-state index in [0.29, 0.717) is 16.8 Å². The summed E-state index contributed by atoms with van der Waals surface area (Å²) in [7, 11) is 1.45. The molecule has 7 nitrogen and oxygen atoms in total. The van der Waals surface area contributed by atoms with Crippen molar-refractivity contribution >= 4 is 34.3 Å². The predicted molar refractivity (Wildman–Crippen MR) is 115 cm³/mol. The number of amides is 2. The van der Waals surface area contributed by atoms with Gasteiger partial charge in [0.15, 0.2) is 0 Å². The van der Waals surface area contributed by atoms with Gasteiger partial charge in [0.05, 0.1) is 27.2 Å². The van der Waals surface area contributed by atoms with Crippen LogP contribution < -0.4 is 5.73 Å². The number of carbonyl (C=O) groups is 2. The van der Waals surface area contributed by atoms with Crippen molar-refractivity contribution < 1.29 is 18.5 Å². The number of likely N-dealkylation sites (N-methyl/N-ethyl adjacent to an activating group) is 1. The average molecular weight is 438 g/mol. The van der Waals surface area contributed by atoms with E-state index in [1.807, 2.05) is 19.1 Å². The number of pyridine rings is 1. The molecule has 0 aliphatic carbocycles. The molecule has 0 aliphatic rings. The Bertz CT molecular complexity index is 1310. The van der Waals surface area contributed by atoms with E-state index in [9.17, 15) is 14.0 Å². The summed E-state index contributed by atoms with van der Waals surface area (Å²) in [4.78, 5) is 33.4. The van der Waals surface area contributed by atoms with Crippen LogP contribution in [0.4, 0.5) is 4.39 Å². The molecule has 9 heteroatoms. The molecule has 0 spiro atoms. The van der Waals surface area contributed by atoms with E-state index in [1.54, 1.807) is 19.1 Å². The normalized spacial score (nSPS) is 12.1. The molecule has 1 atom stereocenters.